The summed E-state index contributed by atoms with van der Waals surface area (Å²) in [7, 11) is 0. The molecule has 2 aliphatic heterocycles. The fourth-order valence-electron chi connectivity index (χ4n) is 3.29. The second kappa shape index (κ2) is 4.71. The first kappa shape index (κ1) is 11.7. The minimum Gasteiger partial charge on any atom is -0.316 e. The highest BCUT2D eigenvalue weighted by Gasteiger charge is 2.41. The molecule has 0 amide bonds. The molecule has 1 aromatic rings. The van der Waals surface area contributed by atoms with Gasteiger partial charge >= 0.3 is 0 Å². The van der Waals surface area contributed by atoms with Gasteiger partial charge in [0, 0.05) is 23.6 Å². The fraction of sp³-hybridized carbons (Fsp3) is 0.571. The molecule has 0 aromatic heterocycles. The predicted octanol–water partition coefficient (Wildman–Crippen LogP) is 2.49. The van der Waals surface area contributed by atoms with Gasteiger partial charge in [0.05, 0.1) is 0 Å². The summed E-state index contributed by atoms with van der Waals surface area (Å²) in [6.07, 6.45) is 0. The Labute approximate surface area is 112 Å². The maximum absolute atomic E-state index is 3.51. The molecule has 2 fully saturated rings. The van der Waals surface area contributed by atoms with Gasteiger partial charge in [0.1, 0.15) is 0 Å². The molecule has 3 rings (SSSR count). The summed E-state index contributed by atoms with van der Waals surface area (Å²) in [5.41, 5.74) is 1.42. The van der Waals surface area contributed by atoms with Gasteiger partial charge in [0.15, 0.2) is 0 Å². The van der Waals surface area contributed by atoms with E-state index in [4.69, 9.17) is 0 Å². The molecule has 1 N–H and O–H groups in total. The van der Waals surface area contributed by atoms with Crippen LogP contribution in [0.4, 0.5) is 0 Å². The van der Waals surface area contributed by atoms with E-state index in [0.29, 0.717) is 0 Å². The summed E-state index contributed by atoms with van der Waals surface area (Å²) in [5, 5.41) is 3.51. The van der Waals surface area contributed by atoms with Gasteiger partial charge in [0.2, 0.25) is 0 Å². The lowest BCUT2D eigenvalue weighted by Crippen LogP contribution is -2.32. The fourth-order valence-corrected chi connectivity index (χ4v) is 3.55. The van der Waals surface area contributed by atoms with Crippen LogP contribution in [0.1, 0.15) is 12.5 Å². The quantitative estimate of drug-likeness (QED) is 0.902. The van der Waals surface area contributed by atoms with Gasteiger partial charge in [-0.15, -0.1) is 0 Å². The van der Waals surface area contributed by atoms with Crippen molar-refractivity contribution in [3.8, 4) is 0 Å². The molecule has 2 heterocycles. The molecule has 3 unspecified atom stereocenters. The molecule has 0 spiro atoms. The third-order valence-corrected chi connectivity index (χ3v) is 4.88. The minimum absolute atomic E-state index is 0.721. The van der Waals surface area contributed by atoms with Gasteiger partial charge < -0.3 is 5.32 Å². The average molecular weight is 295 g/mol. The molecule has 1 aromatic carbocycles. The van der Waals surface area contributed by atoms with Crippen LogP contribution in [0.2, 0.25) is 0 Å². The molecule has 2 nitrogen and oxygen atoms in total. The Morgan fingerprint density at radius 3 is 2.76 bits per heavy atom. The number of rotatable bonds is 2. The molecule has 0 saturated carbocycles. The Morgan fingerprint density at radius 1 is 1.29 bits per heavy atom. The molecule has 92 valence electrons. The first-order chi connectivity index (χ1) is 8.24. The molecule has 0 aliphatic carbocycles. The molecule has 0 radical (unpaired) electrons. The maximum atomic E-state index is 3.51. The Morgan fingerprint density at radius 2 is 2.06 bits per heavy atom. The zero-order valence-corrected chi connectivity index (χ0v) is 11.8. The predicted molar refractivity (Wildman–Crippen MR) is 73.9 cm³/mol. The van der Waals surface area contributed by atoms with Gasteiger partial charge in [-0.3, -0.25) is 4.90 Å². The van der Waals surface area contributed by atoms with Crippen molar-refractivity contribution >= 4 is 15.9 Å². The highest BCUT2D eigenvalue weighted by molar-refractivity contribution is 9.10. The van der Waals surface area contributed by atoms with Gasteiger partial charge in [-0.2, -0.15) is 0 Å². The number of hydrogen-bond acceptors (Lipinski definition) is 2. The zero-order chi connectivity index (χ0) is 11.8. The van der Waals surface area contributed by atoms with Gasteiger partial charge in [0.25, 0.3) is 0 Å². The van der Waals surface area contributed by atoms with E-state index in [1.54, 1.807) is 0 Å². The van der Waals surface area contributed by atoms with Crippen LogP contribution >= 0.6 is 15.9 Å². The number of halogens is 1. The second-order valence-electron chi connectivity index (χ2n) is 5.38. The largest absolute Gasteiger partial charge is 0.316 e. The Hall–Kier alpha value is -0.380. The van der Waals surface area contributed by atoms with Crippen LogP contribution in [0.5, 0.6) is 0 Å². The molecule has 0 bridgehead atoms. The van der Waals surface area contributed by atoms with E-state index >= 15 is 0 Å². The van der Waals surface area contributed by atoms with Crippen molar-refractivity contribution in [2.45, 2.75) is 19.5 Å². The lowest BCUT2D eigenvalue weighted by Gasteiger charge is -2.24. The number of nitrogens with zero attached hydrogens (tertiary/aromatic N) is 1. The molecule has 2 saturated heterocycles. The molecular weight excluding hydrogens is 276 g/mol. The third kappa shape index (κ3) is 2.28. The van der Waals surface area contributed by atoms with Crippen molar-refractivity contribution in [2.75, 3.05) is 19.6 Å². The number of likely N-dealkylation sites (tertiary alicyclic amines) is 1. The highest BCUT2D eigenvalue weighted by Crippen LogP contribution is 2.33. The average Bonchev–Trinajstić information content (AvgIpc) is 2.87. The van der Waals surface area contributed by atoms with Crippen molar-refractivity contribution in [3.05, 3.63) is 34.3 Å². The van der Waals surface area contributed by atoms with E-state index in [1.807, 2.05) is 0 Å². The third-order valence-electron chi connectivity index (χ3n) is 4.36. The summed E-state index contributed by atoms with van der Waals surface area (Å²) in [4.78, 5) is 2.64. The Balaban J connectivity index is 1.68. The summed E-state index contributed by atoms with van der Waals surface area (Å²) >= 11 is 3.49. The second-order valence-corrected chi connectivity index (χ2v) is 6.29. The first-order valence-corrected chi connectivity index (χ1v) is 7.22. The lowest BCUT2D eigenvalue weighted by molar-refractivity contribution is 0.231. The first-order valence-electron chi connectivity index (χ1n) is 6.43. The van der Waals surface area contributed by atoms with Crippen LogP contribution in [-0.2, 0) is 6.54 Å². The monoisotopic (exact) mass is 294 g/mol. The topological polar surface area (TPSA) is 15.3 Å². The molecule has 17 heavy (non-hydrogen) atoms. The lowest BCUT2D eigenvalue weighted by atomic mass is 9.95. The van der Waals surface area contributed by atoms with Crippen LogP contribution in [0.15, 0.2) is 28.7 Å². The number of nitrogens with one attached hydrogen (secondary N) is 1. The summed E-state index contributed by atoms with van der Waals surface area (Å²) in [6, 6.07) is 9.45. The van der Waals surface area contributed by atoms with E-state index in [0.717, 1.165) is 28.9 Å². The van der Waals surface area contributed by atoms with Gasteiger partial charge in [-0.05, 0) is 49.5 Å². The molecular formula is C14H19BrN2. The number of hydrogen-bond donors (Lipinski definition) is 1. The van der Waals surface area contributed by atoms with Crippen molar-refractivity contribution in [2.24, 2.45) is 11.8 Å². The highest BCUT2D eigenvalue weighted by atomic mass is 79.9. The van der Waals surface area contributed by atoms with Crippen molar-refractivity contribution in [1.29, 1.82) is 0 Å². The molecule has 2 aliphatic rings. The van der Waals surface area contributed by atoms with E-state index in [-0.39, 0.29) is 0 Å². The maximum Gasteiger partial charge on any atom is 0.0236 e. The SMILES string of the molecule is CC1C2CNCC2CN1Cc1ccc(Br)cc1. The summed E-state index contributed by atoms with van der Waals surface area (Å²) in [5.74, 6) is 1.74. The summed E-state index contributed by atoms with van der Waals surface area (Å²) in [6.45, 7) is 7.17. The Kier molecular flexibility index (Phi) is 3.24. The van der Waals surface area contributed by atoms with E-state index in [2.05, 4.69) is 57.3 Å². The standard InChI is InChI=1S/C14H19BrN2/c1-10-14-7-16-6-12(14)9-17(10)8-11-2-4-13(15)5-3-11/h2-5,10,12,14,16H,6-9H2,1H3. The molecule has 3 atom stereocenters. The van der Waals surface area contributed by atoms with Crippen LogP contribution < -0.4 is 5.32 Å². The van der Waals surface area contributed by atoms with E-state index < -0.39 is 0 Å². The van der Waals surface area contributed by atoms with Crippen LogP contribution in [0.3, 0.4) is 0 Å². The van der Waals surface area contributed by atoms with Gasteiger partial charge in [-0.25, -0.2) is 0 Å². The normalized spacial score (nSPS) is 32.9. The van der Waals surface area contributed by atoms with Crippen molar-refractivity contribution in [1.82, 2.24) is 10.2 Å². The van der Waals surface area contributed by atoms with Gasteiger partial charge in [-0.1, -0.05) is 28.1 Å². The van der Waals surface area contributed by atoms with Crippen molar-refractivity contribution < 1.29 is 0 Å². The number of benzene rings is 1. The minimum atomic E-state index is 0.721. The summed E-state index contributed by atoms with van der Waals surface area (Å²) < 4.78 is 1.16. The van der Waals surface area contributed by atoms with E-state index in [1.165, 1.54) is 25.2 Å². The zero-order valence-electron chi connectivity index (χ0n) is 10.2. The van der Waals surface area contributed by atoms with Crippen molar-refractivity contribution in [3.63, 3.8) is 0 Å². The van der Waals surface area contributed by atoms with E-state index in [9.17, 15) is 0 Å². The Bertz CT molecular complexity index is 390. The smallest absolute Gasteiger partial charge is 0.0236 e. The number of fused-ring (bicyclic) bond motifs is 1. The molecule has 3 heteroatoms. The van der Waals surface area contributed by atoms with Crippen LogP contribution in [-0.4, -0.2) is 30.6 Å². The van der Waals surface area contributed by atoms with Crippen LogP contribution in [0.25, 0.3) is 0 Å². The van der Waals surface area contributed by atoms with Crippen LogP contribution in [0, 0.1) is 11.8 Å².